The number of nitrogens with zero attached hydrogens (tertiary/aromatic N) is 1. The number of alkyl halides is 6. The third-order valence-electron chi connectivity index (χ3n) is 2.77. The van der Waals surface area contributed by atoms with Crippen LogP contribution in [0.2, 0.25) is 15.1 Å². The second kappa shape index (κ2) is 6.03. The number of pyridine rings is 1. The molecule has 124 valence electrons. The van der Waals surface area contributed by atoms with Gasteiger partial charge in [-0.25, -0.2) is 4.98 Å². The minimum Gasteiger partial charge on any atom is -0.243 e. The van der Waals surface area contributed by atoms with E-state index in [1.165, 1.54) is 6.07 Å². The first-order valence-electron chi connectivity index (χ1n) is 5.72. The fourth-order valence-corrected chi connectivity index (χ4v) is 2.49. The summed E-state index contributed by atoms with van der Waals surface area (Å²) in [6.07, 6.45) is -9.89. The molecule has 0 saturated carbocycles. The highest BCUT2D eigenvalue weighted by Gasteiger charge is 2.39. The van der Waals surface area contributed by atoms with Gasteiger partial charge < -0.3 is 0 Å². The molecule has 0 N–H and O–H groups in total. The second-order valence-corrected chi connectivity index (χ2v) is 5.50. The SMILES string of the molecule is FC(F)(F)c1ccc(C(F)(F)F)c(-c2c(Cl)ccc(Cl)c2Cl)n1. The van der Waals surface area contributed by atoms with Crippen molar-refractivity contribution in [3.05, 3.63) is 50.6 Å². The molecule has 0 unspecified atom stereocenters. The number of hydrogen-bond donors (Lipinski definition) is 0. The highest BCUT2D eigenvalue weighted by Crippen LogP contribution is 2.44. The summed E-state index contributed by atoms with van der Waals surface area (Å²) < 4.78 is 77.5. The average Bonchev–Trinajstić information content (AvgIpc) is 2.41. The lowest BCUT2D eigenvalue weighted by atomic mass is 10.0. The van der Waals surface area contributed by atoms with E-state index in [9.17, 15) is 26.3 Å². The Labute approximate surface area is 140 Å². The number of aromatic nitrogens is 1. The van der Waals surface area contributed by atoms with E-state index in [1.54, 1.807) is 0 Å². The molecule has 2 rings (SSSR count). The number of halogens is 9. The van der Waals surface area contributed by atoms with Crippen molar-refractivity contribution in [1.29, 1.82) is 0 Å². The lowest BCUT2D eigenvalue weighted by molar-refractivity contribution is -0.144. The molecule has 0 saturated heterocycles. The molecule has 0 spiro atoms. The third kappa shape index (κ3) is 3.67. The van der Waals surface area contributed by atoms with Gasteiger partial charge in [-0.15, -0.1) is 0 Å². The van der Waals surface area contributed by atoms with Gasteiger partial charge in [0, 0.05) is 5.56 Å². The summed E-state index contributed by atoms with van der Waals surface area (Å²) in [6, 6.07) is 2.83. The summed E-state index contributed by atoms with van der Waals surface area (Å²) in [5.74, 6) is 0. The maximum Gasteiger partial charge on any atom is 0.433 e. The van der Waals surface area contributed by atoms with E-state index in [2.05, 4.69) is 4.98 Å². The molecule has 23 heavy (non-hydrogen) atoms. The minimum atomic E-state index is -4.96. The van der Waals surface area contributed by atoms with Crippen LogP contribution in [-0.4, -0.2) is 4.98 Å². The van der Waals surface area contributed by atoms with Gasteiger partial charge in [-0.2, -0.15) is 26.3 Å². The maximum atomic E-state index is 13.1. The van der Waals surface area contributed by atoms with Crippen LogP contribution >= 0.6 is 34.8 Å². The number of benzene rings is 1. The van der Waals surface area contributed by atoms with Crippen molar-refractivity contribution in [1.82, 2.24) is 4.98 Å². The highest BCUT2D eigenvalue weighted by molar-refractivity contribution is 6.46. The first kappa shape index (κ1) is 18.2. The molecule has 0 atom stereocenters. The molecule has 0 aliphatic heterocycles. The van der Waals surface area contributed by atoms with E-state index in [4.69, 9.17) is 34.8 Å². The molecule has 0 aliphatic carbocycles. The quantitative estimate of drug-likeness (QED) is 0.385. The van der Waals surface area contributed by atoms with E-state index in [1.807, 2.05) is 0 Å². The maximum absolute atomic E-state index is 13.1. The van der Waals surface area contributed by atoms with Crippen LogP contribution in [0.5, 0.6) is 0 Å². The zero-order valence-electron chi connectivity index (χ0n) is 10.7. The summed E-state index contributed by atoms with van der Waals surface area (Å²) in [5.41, 5.74) is -4.46. The van der Waals surface area contributed by atoms with Crippen molar-refractivity contribution in [3.8, 4) is 11.3 Å². The Morgan fingerprint density at radius 3 is 1.83 bits per heavy atom. The van der Waals surface area contributed by atoms with Gasteiger partial charge >= 0.3 is 12.4 Å². The number of rotatable bonds is 1. The van der Waals surface area contributed by atoms with Crippen LogP contribution in [0.4, 0.5) is 26.3 Å². The van der Waals surface area contributed by atoms with Crippen LogP contribution in [0.1, 0.15) is 11.3 Å². The van der Waals surface area contributed by atoms with E-state index in [0.29, 0.717) is 0 Å². The molecular weight excluding hydrogens is 390 g/mol. The lowest BCUT2D eigenvalue weighted by Gasteiger charge is -2.17. The van der Waals surface area contributed by atoms with Gasteiger partial charge in [0.05, 0.1) is 26.3 Å². The van der Waals surface area contributed by atoms with E-state index < -0.39 is 39.9 Å². The summed E-state index contributed by atoms with van der Waals surface area (Å²) >= 11 is 17.3. The molecule has 10 heteroatoms. The van der Waals surface area contributed by atoms with Crippen LogP contribution in [-0.2, 0) is 12.4 Å². The molecule has 2 aromatic rings. The van der Waals surface area contributed by atoms with Gasteiger partial charge in [0.25, 0.3) is 0 Å². The Balaban J connectivity index is 2.86. The molecule has 0 fully saturated rings. The van der Waals surface area contributed by atoms with Gasteiger partial charge in [-0.3, -0.25) is 0 Å². The van der Waals surface area contributed by atoms with Crippen molar-refractivity contribution in [2.75, 3.05) is 0 Å². The van der Waals surface area contributed by atoms with E-state index in [-0.39, 0.29) is 22.2 Å². The summed E-state index contributed by atoms with van der Waals surface area (Å²) in [5, 5.41) is -0.897. The average molecular weight is 395 g/mol. The standard InChI is InChI=1S/C13H4Cl3F6N/c14-6-2-3-7(15)10(16)9(6)11-5(12(17,18)19)1-4-8(23-11)13(20,21)22/h1-4H. The van der Waals surface area contributed by atoms with Gasteiger partial charge in [0.15, 0.2) is 0 Å². The smallest absolute Gasteiger partial charge is 0.243 e. The lowest BCUT2D eigenvalue weighted by Crippen LogP contribution is -2.14. The molecule has 1 nitrogen and oxygen atoms in total. The van der Waals surface area contributed by atoms with Crippen LogP contribution in [0, 0.1) is 0 Å². The van der Waals surface area contributed by atoms with Crippen molar-refractivity contribution < 1.29 is 26.3 Å². The van der Waals surface area contributed by atoms with Gasteiger partial charge in [-0.1, -0.05) is 34.8 Å². The zero-order chi connectivity index (χ0) is 17.6. The molecule has 0 amide bonds. The Morgan fingerprint density at radius 1 is 0.739 bits per heavy atom. The van der Waals surface area contributed by atoms with Crippen LogP contribution in [0.15, 0.2) is 24.3 Å². The zero-order valence-corrected chi connectivity index (χ0v) is 12.9. The monoisotopic (exact) mass is 393 g/mol. The molecule has 0 aliphatic rings. The second-order valence-electron chi connectivity index (χ2n) is 4.31. The van der Waals surface area contributed by atoms with Crippen LogP contribution in [0.25, 0.3) is 11.3 Å². The van der Waals surface area contributed by atoms with Crippen molar-refractivity contribution in [2.45, 2.75) is 12.4 Å². The Morgan fingerprint density at radius 2 is 1.30 bits per heavy atom. The summed E-state index contributed by atoms with van der Waals surface area (Å²) in [4.78, 5) is 3.07. The molecule has 0 bridgehead atoms. The van der Waals surface area contributed by atoms with E-state index in [0.717, 1.165) is 6.07 Å². The molecular formula is C13H4Cl3F6N. The molecule has 1 heterocycles. The van der Waals surface area contributed by atoms with Gasteiger partial charge in [0.2, 0.25) is 0 Å². The summed E-state index contributed by atoms with van der Waals surface area (Å²) in [7, 11) is 0. The molecule has 1 aromatic heterocycles. The van der Waals surface area contributed by atoms with E-state index >= 15 is 0 Å². The van der Waals surface area contributed by atoms with Gasteiger partial charge in [0.1, 0.15) is 5.69 Å². The van der Waals surface area contributed by atoms with Gasteiger partial charge in [-0.05, 0) is 24.3 Å². The predicted octanol–water partition coefficient (Wildman–Crippen LogP) is 6.75. The fourth-order valence-electron chi connectivity index (χ4n) is 1.78. The fraction of sp³-hybridized carbons (Fsp3) is 0.154. The minimum absolute atomic E-state index is 0.168. The highest BCUT2D eigenvalue weighted by atomic mass is 35.5. The van der Waals surface area contributed by atoms with Crippen molar-refractivity contribution in [2.24, 2.45) is 0 Å². The van der Waals surface area contributed by atoms with Crippen molar-refractivity contribution in [3.63, 3.8) is 0 Å². The number of hydrogen-bond acceptors (Lipinski definition) is 1. The van der Waals surface area contributed by atoms with Crippen molar-refractivity contribution >= 4 is 34.8 Å². The molecule has 0 radical (unpaired) electrons. The Kier molecular flexibility index (Phi) is 4.76. The first-order valence-corrected chi connectivity index (χ1v) is 6.85. The normalized spacial score (nSPS) is 12.6. The Hall–Kier alpha value is -1.18. The topological polar surface area (TPSA) is 12.9 Å². The van der Waals surface area contributed by atoms with Crippen LogP contribution in [0.3, 0.4) is 0 Å². The summed E-state index contributed by atoms with van der Waals surface area (Å²) in [6.45, 7) is 0. The largest absolute Gasteiger partial charge is 0.433 e. The first-order chi connectivity index (χ1) is 10.4. The Bertz CT molecular complexity index is 755. The third-order valence-corrected chi connectivity index (χ3v) is 3.89. The van der Waals surface area contributed by atoms with Crippen LogP contribution < -0.4 is 0 Å². The predicted molar refractivity (Wildman–Crippen MR) is 74.7 cm³/mol. The molecule has 1 aromatic carbocycles.